The minimum atomic E-state index is -0.438. The summed E-state index contributed by atoms with van der Waals surface area (Å²) >= 11 is 7.28. The van der Waals surface area contributed by atoms with Crippen LogP contribution in [0.15, 0.2) is 12.1 Å². The van der Waals surface area contributed by atoms with Gasteiger partial charge in [0.15, 0.2) is 0 Å². The van der Waals surface area contributed by atoms with Crippen molar-refractivity contribution in [1.82, 2.24) is 0 Å². The van der Waals surface area contributed by atoms with Gasteiger partial charge in [-0.2, -0.15) is 0 Å². The average molecular weight is 235 g/mol. The van der Waals surface area contributed by atoms with Crippen molar-refractivity contribution in [3.05, 3.63) is 21.3 Å². The molecule has 80 valence electrons. The molecule has 1 aromatic heterocycles. The van der Waals surface area contributed by atoms with Gasteiger partial charge in [-0.25, -0.2) is 0 Å². The highest BCUT2D eigenvalue weighted by Gasteiger charge is 2.08. The Bertz CT molecular complexity index is 273. The first-order valence-electron chi connectivity index (χ1n) is 4.62. The molecule has 1 aromatic rings. The van der Waals surface area contributed by atoms with E-state index in [4.69, 9.17) is 16.3 Å². The van der Waals surface area contributed by atoms with Crippen LogP contribution in [-0.4, -0.2) is 23.9 Å². The molecule has 1 rings (SSSR count). The van der Waals surface area contributed by atoms with E-state index < -0.39 is 6.10 Å². The number of aliphatic hydroxyl groups excluding tert-OH is 1. The number of rotatable bonds is 5. The molecule has 0 aliphatic heterocycles. The maximum absolute atomic E-state index is 9.60. The summed E-state index contributed by atoms with van der Waals surface area (Å²) in [5.41, 5.74) is 0. The molecule has 0 saturated carbocycles. The Labute approximate surface area is 93.5 Å². The van der Waals surface area contributed by atoms with Crippen LogP contribution in [0, 0.1) is 0 Å². The molecule has 0 amide bonds. The number of halogens is 1. The maximum Gasteiger partial charge on any atom is 0.0931 e. The van der Waals surface area contributed by atoms with Crippen molar-refractivity contribution in [2.75, 3.05) is 6.61 Å². The molecule has 0 aliphatic rings. The second-order valence-corrected chi connectivity index (χ2v) is 5.25. The summed E-state index contributed by atoms with van der Waals surface area (Å²) in [6, 6.07) is 3.78. The summed E-state index contributed by atoms with van der Waals surface area (Å²) in [5.74, 6) is 0. The Kier molecular flexibility index (Phi) is 4.89. The van der Waals surface area contributed by atoms with Crippen molar-refractivity contribution in [3.63, 3.8) is 0 Å². The fourth-order valence-corrected chi connectivity index (χ4v) is 2.21. The van der Waals surface area contributed by atoms with Crippen LogP contribution in [0.3, 0.4) is 0 Å². The van der Waals surface area contributed by atoms with Crippen LogP contribution in [-0.2, 0) is 11.2 Å². The molecule has 0 saturated heterocycles. The monoisotopic (exact) mass is 234 g/mol. The molecule has 0 aromatic carbocycles. The first-order valence-corrected chi connectivity index (χ1v) is 5.81. The van der Waals surface area contributed by atoms with Gasteiger partial charge in [0.05, 0.1) is 23.2 Å². The molecule has 1 unspecified atom stereocenters. The number of thiophene rings is 1. The third kappa shape index (κ3) is 4.42. The van der Waals surface area contributed by atoms with Gasteiger partial charge in [0.2, 0.25) is 0 Å². The largest absolute Gasteiger partial charge is 0.390 e. The third-order valence-corrected chi connectivity index (χ3v) is 2.94. The van der Waals surface area contributed by atoms with Gasteiger partial charge in [-0.05, 0) is 26.0 Å². The highest BCUT2D eigenvalue weighted by molar-refractivity contribution is 7.16. The van der Waals surface area contributed by atoms with Crippen molar-refractivity contribution in [1.29, 1.82) is 0 Å². The van der Waals surface area contributed by atoms with Crippen LogP contribution >= 0.6 is 22.9 Å². The van der Waals surface area contributed by atoms with E-state index >= 15 is 0 Å². The minimum absolute atomic E-state index is 0.163. The number of aliphatic hydroxyl groups is 1. The van der Waals surface area contributed by atoms with Crippen LogP contribution in [0.4, 0.5) is 0 Å². The van der Waals surface area contributed by atoms with E-state index in [1.807, 2.05) is 26.0 Å². The van der Waals surface area contributed by atoms with Crippen molar-refractivity contribution >= 4 is 22.9 Å². The van der Waals surface area contributed by atoms with Crippen molar-refractivity contribution in [3.8, 4) is 0 Å². The fraction of sp³-hybridized carbons (Fsp3) is 0.600. The van der Waals surface area contributed by atoms with E-state index in [0.29, 0.717) is 13.0 Å². The summed E-state index contributed by atoms with van der Waals surface area (Å²) in [6.07, 6.45) is 0.341. The van der Waals surface area contributed by atoms with E-state index in [1.54, 1.807) is 0 Å². The van der Waals surface area contributed by atoms with Gasteiger partial charge in [0.25, 0.3) is 0 Å². The molecule has 0 bridgehead atoms. The lowest BCUT2D eigenvalue weighted by Gasteiger charge is -2.12. The molecule has 0 aliphatic carbocycles. The molecule has 1 atom stereocenters. The zero-order valence-corrected chi connectivity index (χ0v) is 9.94. The topological polar surface area (TPSA) is 29.5 Å². The second-order valence-electron chi connectivity index (χ2n) is 3.45. The molecule has 0 spiro atoms. The van der Waals surface area contributed by atoms with E-state index in [9.17, 15) is 5.11 Å². The predicted octanol–water partition coefficient (Wildman–Crippen LogP) is 2.73. The molecule has 14 heavy (non-hydrogen) atoms. The Balaban J connectivity index is 2.30. The van der Waals surface area contributed by atoms with Crippen LogP contribution in [0.5, 0.6) is 0 Å². The van der Waals surface area contributed by atoms with Crippen LogP contribution in [0.1, 0.15) is 18.7 Å². The molecular weight excluding hydrogens is 220 g/mol. The first kappa shape index (κ1) is 12.0. The average Bonchev–Trinajstić information content (AvgIpc) is 2.48. The Morgan fingerprint density at radius 2 is 2.21 bits per heavy atom. The van der Waals surface area contributed by atoms with Gasteiger partial charge >= 0.3 is 0 Å². The summed E-state index contributed by atoms with van der Waals surface area (Å²) in [5, 5.41) is 9.60. The SMILES string of the molecule is CC(C)OCC(O)Cc1ccc(Cl)s1. The fourth-order valence-electron chi connectivity index (χ4n) is 1.06. The van der Waals surface area contributed by atoms with Crippen molar-refractivity contribution in [2.24, 2.45) is 0 Å². The van der Waals surface area contributed by atoms with E-state index in [-0.39, 0.29) is 6.10 Å². The molecular formula is C10H15ClO2S. The summed E-state index contributed by atoms with van der Waals surface area (Å²) in [7, 11) is 0. The Morgan fingerprint density at radius 3 is 2.71 bits per heavy atom. The normalized spacial score (nSPS) is 13.5. The lowest BCUT2D eigenvalue weighted by molar-refractivity contribution is 0.00651. The van der Waals surface area contributed by atoms with E-state index in [2.05, 4.69) is 0 Å². The highest BCUT2D eigenvalue weighted by Crippen LogP contribution is 2.22. The molecule has 4 heteroatoms. The molecule has 0 fully saturated rings. The summed E-state index contributed by atoms with van der Waals surface area (Å²) in [6.45, 7) is 4.29. The number of ether oxygens (including phenoxy) is 1. The quantitative estimate of drug-likeness (QED) is 0.849. The van der Waals surface area contributed by atoms with Gasteiger partial charge in [-0.1, -0.05) is 11.6 Å². The standard InChI is InChI=1S/C10H15ClO2S/c1-7(2)13-6-8(12)5-9-3-4-10(11)14-9/h3-4,7-8,12H,5-6H2,1-2H3. The van der Waals surface area contributed by atoms with E-state index in [0.717, 1.165) is 9.21 Å². The molecule has 2 nitrogen and oxygen atoms in total. The van der Waals surface area contributed by atoms with Gasteiger partial charge in [-0.15, -0.1) is 11.3 Å². The van der Waals surface area contributed by atoms with E-state index in [1.165, 1.54) is 11.3 Å². The van der Waals surface area contributed by atoms with Crippen LogP contribution in [0.25, 0.3) is 0 Å². The van der Waals surface area contributed by atoms with Gasteiger partial charge in [0, 0.05) is 11.3 Å². The number of hydrogen-bond donors (Lipinski definition) is 1. The minimum Gasteiger partial charge on any atom is -0.390 e. The lowest BCUT2D eigenvalue weighted by Crippen LogP contribution is -2.20. The smallest absolute Gasteiger partial charge is 0.0931 e. The van der Waals surface area contributed by atoms with Crippen molar-refractivity contribution < 1.29 is 9.84 Å². The lowest BCUT2D eigenvalue weighted by atomic mass is 10.2. The van der Waals surface area contributed by atoms with Crippen molar-refractivity contribution in [2.45, 2.75) is 32.5 Å². The highest BCUT2D eigenvalue weighted by atomic mass is 35.5. The summed E-state index contributed by atoms with van der Waals surface area (Å²) in [4.78, 5) is 1.09. The zero-order valence-electron chi connectivity index (χ0n) is 8.37. The molecule has 1 N–H and O–H groups in total. The second kappa shape index (κ2) is 5.71. The van der Waals surface area contributed by atoms with Crippen LogP contribution < -0.4 is 0 Å². The van der Waals surface area contributed by atoms with Gasteiger partial charge < -0.3 is 9.84 Å². The Hall–Kier alpha value is -0.0900. The first-order chi connectivity index (χ1) is 6.58. The molecule has 0 radical (unpaired) electrons. The third-order valence-electron chi connectivity index (χ3n) is 1.69. The van der Waals surface area contributed by atoms with Crippen LogP contribution in [0.2, 0.25) is 4.34 Å². The maximum atomic E-state index is 9.60. The summed E-state index contributed by atoms with van der Waals surface area (Å²) < 4.78 is 6.07. The molecule has 1 heterocycles. The predicted molar refractivity (Wildman–Crippen MR) is 60.1 cm³/mol. The number of hydrogen-bond acceptors (Lipinski definition) is 3. The van der Waals surface area contributed by atoms with Gasteiger partial charge in [-0.3, -0.25) is 0 Å². The zero-order chi connectivity index (χ0) is 10.6. The Morgan fingerprint density at radius 1 is 1.50 bits per heavy atom. The van der Waals surface area contributed by atoms with Gasteiger partial charge in [0.1, 0.15) is 0 Å².